The third kappa shape index (κ3) is 4.04. The SMILES string of the molecule is Cc1ccc2c(CC(=O)N3CCCC(C(=O)Nc4ccccc4)C3)coc2c1C. The third-order valence-electron chi connectivity index (χ3n) is 5.87. The highest BCUT2D eigenvalue weighted by molar-refractivity contribution is 5.93. The summed E-state index contributed by atoms with van der Waals surface area (Å²) in [5, 5.41) is 3.96. The molecule has 0 saturated carbocycles. The summed E-state index contributed by atoms with van der Waals surface area (Å²) < 4.78 is 5.74. The number of benzene rings is 2. The molecule has 0 radical (unpaired) electrons. The standard InChI is InChI=1S/C24H26N2O3/c1-16-10-11-21-19(15-29-23(21)17(16)2)13-22(27)26-12-6-7-18(14-26)24(28)25-20-8-4-3-5-9-20/h3-5,8-11,15,18H,6-7,12-14H2,1-2H3,(H,25,28). The number of piperidine rings is 1. The van der Waals surface area contributed by atoms with Crippen LogP contribution in [0.4, 0.5) is 5.69 Å². The number of anilines is 1. The van der Waals surface area contributed by atoms with Crippen molar-refractivity contribution in [1.82, 2.24) is 4.90 Å². The first-order chi connectivity index (χ1) is 14.0. The van der Waals surface area contributed by atoms with E-state index in [1.807, 2.05) is 48.2 Å². The second-order valence-electron chi connectivity index (χ2n) is 7.86. The van der Waals surface area contributed by atoms with Gasteiger partial charge in [-0.15, -0.1) is 0 Å². The van der Waals surface area contributed by atoms with E-state index in [2.05, 4.69) is 18.3 Å². The Morgan fingerprint density at radius 2 is 1.93 bits per heavy atom. The van der Waals surface area contributed by atoms with Gasteiger partial charge < -0.3 is 14.6 Å². The molecule has 1 atom stereocenters. The molecule has 1 fully saturated rings. The van der Waals surface area contributed by atoms with E-state index in [1.54, 1.807) is 6.26 Å². The second-order valence-corrected chi connectivity index (χ2v) is 7.86. The minimum Gasteiger partial charge on any atom is -0.464 e. The van der Waals surface area contributed by atoms with E-state index >= 15 is 0 Å². The minimum atomic E-state index is -0.182. The Kier molecular flexibility index (Phi) is 5.38. The Balaban J connectivity index is 1.43. The van der Waals surface area contributed by atoms with E-state index < -0.39 is 0 Å². The zero-order chi connectivity index (χ0) is 20.4. The predicted octanol–water partition coefficient (Wildman–Crippen LogP) is 4.47. The number of nitrogens with zero attached hydrogens (tertiary/aromatic N) is 1. The van der Waals surface area contributed by atoms with Crippen molar-refractivity contribution in [2.24, 2.45) is 5.92 Å². The molecule has 1 N–H and O–H groups in total. The van der Waals surface area contributed by atoms with Gasteiger partial charge in [-0.05, 0) is 49.9 Å². The van der Waals surface area contributed by atoms with Gasteiger partial charge in [0.15, 0.2) is 0 Å². The maximum atomic E-state index is 12.9. The number of carbonyl (C=O) groups is 2. The lowest BCUT2D eigenvalue weighted by atomic mass is 9.96. The molecule has 2 amide bonds. The number of likely N-dealkylation sites (tertiary alicyclic amines) is 1. The summed E-state index contributed by atoms with van der Waals surface area (Å²) in [6.07, 6.45) is 3.62. The number of aryl methyl sites for hydroxylation is 2. The van der Waals surface area contributed by atoms with Crippen molar-refractivity contribution < 1.29 is 14.0 Å². The van der Waals surface area contributed by atoms with E-state index in [9.17, 15) is 9.59 Å². The minimum absolute atomic E-state index is 0.0199. The molecular formula is C24H26N2O3. The van der Waals surface area contributed by atoms with Crippen molar-refractivity contribution in [2.45, 2.75) is 33.1 Å². The summed E-state index contributed by atoms with van der Waals surface area (Å²) in [4.78, 5) is 27.4. The average molecular weight is 390 g/mol. The number of amides is 2. The molecule has 5 nitrogen and oxygen atoms in total. The van der Waals surface area contributed by atoms with Gasteiger partial charge in [0.1, 0.15) is 5.58 Å². The average Bonchev–Trinajstić information content (AvgIpc) is 3.15. The highest BCUT2D eigenvalue weighted by atomic mass is 16.3. The Labute approximate surface area is 170 Å². The number of nitrogens with one attached hydrogen (secondary N) is 1. The smallest absolute Gasteiger partial charge is 0.229 e. The highest BCUT2D eigenvalue weighted by Gasteiger charge is 2.29. The molecule has 3 aromatic rings. The number of furan rings is 1. The lowest BCUT2D eigenvalue weighted by molar-refractivity contribution is -0.133. The van der Waals surface area contributed by atoms with Gasteiger partial charge in [0, 0.05) is 29.7 Å². The fraction of sp³-hybridized carbons (Fsp3) is 0.333. The second kappa shape index (κ2) is 8.11. The third-order valence-corrected chi connectivity index (χ3v) is 5.87. The van der Waals surface area contributed by atoms with Crippen LogP contribution in [0.2, 0.25) is 0 Å². The summed E-state index contributed by atoms with van der Waals surface area (Å²) in [5.41, 5.74) is 4.83. The van der Waals surface area contributed by atoms with Crippen molar-refractivity contribution in [3.05, 3.63) is 65.4 Å². The van der Waals surface area contributed by atoms with E-state index in [0.717, 1.165) is 40.6 Å². The van der Waals surface area contributed by atoms with Crippen LogP contribution in [0.15, 0.2) is 53.1 Å². The first-order valence-electron chi connectivity index (χ1n) is 10.1. The van der Waals surface area contributed by atoms with Crippen molar-refractivity contribution >= 4 is 28.5 Å². The Morgan fingerprint density at radius 3 is 2.72 bits per heavy atom. The van der Waals surface area contributed by atoms with Crippen LogP contribution in [-0.4, -0.2) is 29.8 Å². The molecule has 1 aromatic heterocycles. The molecule has 2 aromatic carbocycles. The zero-order valence-electron chi connectivity index (χ0n) is 16.9. The van der Waals surface area contributed by atoms with Gasteiger partial charge >= 0.3 is 0 Å². The van der Waals surface area contributed by atoms with Gasteiger partial charge in [0.2, 0.25) is 11.8 Å². The quantitative estimate of drug-likeness (QED) is 0.715. The fourth-order valence-electron chi connectivity index (χ4n) is 3.98. The molecule has 1 unspecified atom stereocenters. The van der Waals surface area contributed by atoms with Gasteiger partial charge in [0.25, 0.3) is 0 Å². The number of hydrogen-bond donors (Lipinski definition) is 1. The molecule has 0 aliphatic carbocycles. The topological polar surface area (TPSA) is 62.6 Å². The molecule has 5 heteroatoms. The number of rotatable bonds is 4. The first kappa shape index (κ1) is 19.2. The maximum Gasteiger partial charge on any atom is 0.229 e. The van der Waals surface area contributed by atoms with Crippen molar-refractivity contribution in [1.29, 1.82) is 0 Å². The summed E-state index contributed by atoms with van der Waals surface area (Å²) in [5.74, 6) is -0.157. The monoisotopic (exact) mass is 390 g/mol. The van der Waals surface area contributed by atoms with Gasteiger partial charge in [-0.3, -0.25) is 9.59 Å². The van der Waals surface area contributed by atoms with Gasteiger partial charge in [-0.25, -0.2) is 0 Å². The Hall–Kier alpha value is -3.08. The lowest BCUT2D eigenvalue weighted by Crippen LogP contribution is -2.44. The summed E-state index contributed by atoms with van der Waals surface area (Å²) in [6.45, 7) is 5.25. The zero-order valence-corrected chi connectivity index (χ0v) is 16.9. The van der Waals surface area contributed by atoms with Crippen LogP contribution in [0.25, 0.3) is 11.0 Å². The van der Waals surface area contributed by atoms with E-state index in [4.69, 9.17) is 4.42 Å². The fourth-order valence-corrected chi connectivity index (χ4v) is 3.98. The summed E-state index contributed by atoms with van der Waals surface area (Å²) in [7, 11) is 0. The van der Waals surface area contributed by atoms with Crippen molar-refractivity contribution in [3.8, 4) is 0 Å². The van der Waals surface area contributed by atoms with Crippen LogP contribution < -0.4 is 5.32 Å². The van der Waals surface area contributed by atoms with Crippen molar-refractivity contribution in [3.63, 3.8) is 0 Å². The van der Waals surface area contributed by atoms with Crippen LogP contribution in [0, 0.1) is 19.8 Å². The van der Waals surface area contributed by atoms with Crippen LogP contribution in [-0.2, 0) is 16.0 Å². The number of hydrogen-bond acceptors (Lipinski definition) is 3. The lowest BCUT2D eigenvalue weighted by Gasteiger charge is -2.32. The van der Waals surface area contributed by atoms with Gasteiger partial charge in [-0.2, -0.15) is 0 Å². The van der Waals surface area contributed by atoms with Crippen LogP contribution >= 0.6 is 0 Å². The molecule has 29 heavy (non-hydrogen) atoms. The first-order valence-corrected chi connectivity index (χ1v) is 10.1. The molecule has 150 valence electrons. The molecule has 4 rings (SSSR count). The van der Waals surface area contributed by atoms with Gasteiger partial charge in [0.05, 0.1) is 18.6 Å². The molecule has 1 saturated heterocycles. The highest BCUT2D eigenvalue weighted by Crippen LogP contribution is 2.27. The maximum absolute atomic E-state index is 12.9. The van der Waals surface area contributed by atoms with Gasteiger partial charge in [-0.1, -0.05) is 30.3 Å². The summed E-state index contributed by atoms with van der Waals surface area (Å²) >= 11 is 0. The molecule has 2 heterocycles. The molecule has 0 spiro atoms. The molecule has 1 aliphatic heterocycles. The van der Waals surface area contributed by atoms with E-state index in [-0.39, 0.29) is 17.7 Å². The largest absolute Gasteiger partial charge is 0.464 e. The number of para-hydroxylation sites is 1. The molecule has 1 aliphatic rings. The van der Waals surface area contributed by atoms with Crippen LogP contribution in [0.3, 0.4) is 0 Å². The normalized spacial score (nSPS) is 16.8. The van der Waals surface area contributed by atoms with E-state index in [1.165, 1.54) is 5.56 Å². The van der Waals surface area contributed by atoms with Crippen molar-refractivity contribution in [2.75, 3.05) is 18.4 Å². The number of carbonyl (C=O) groups excluding carboxylic acids is 2. The molecular weight excluding hydrogens is 364 g/mol. The molecule has 0 bridgehead atoms. The van der Waals surface area contributed by atoms with Crippen LogP contribution in [0.1, 0.15) is 29.5 Å². The Bertz CT molecular complexity index is 1040. The summed E-state index contributed by atoms with van der Waals surface area (Å²) in [6, 6.07) is 13.5. The number of fused-ring (bicyclic) bond motifs is 1. The Morgan fingerprint density at radius 1 is 1.14 bits per heavy atom. The van der Waals surface area contributed by atoms with E-state index in [0.29, 0.717) is 19.5 Å². The van der Waals surface area contributed by atoms with Crippen LogP contribution in [0.5, 0.6) is 0 Å². The predicted molar refractivity (Wildman–Crippen MR) is 114 cm³/mol.